The summed E-state index contributed by atoms with van der Waals surface area (Å²) in [6.45, 7) is 1.68. The van der Waals surface area contributed by atoms with Crippen molar-refractivity contribution >= 4 is 35.0 Å². The molecule has 0 unspecified atom stereocenters. The minimum atomic E-state index is -0.519. The van der Waals surface area contributed by atoms with Gasteiger partial charge in [-0.3, -0.25) is 9.59 Å². The van der Waals surface area contributed by atoms with Crippen LogP contribution in [0.1, 0.15) is 28.9 Å². The molecule has 0 heterocycles. The Kier molecular flexibility index (Phi) is 6.06. The first-order valence-corrected chi connectivity index (χ1v) is 7.89. The summed E-state index contributed by atoms with van der Waals surface area (Å²) < 4.78 is 5.37. The number of primary amides is 1. The van der Waals surface area contributed by atoms with Crippen LogP contribution in [0.5, 0.6) is 5.75 Å². The SMILES string of the molecule is C[C@@H](NC(=O)COc1ccc(C(N)=O)cc1)c1ccc(Cl)c(Cl)c1. The van der Waals surface area contributed by atoms with Gasteiger partial charge in [-0.25, -0.2) is 0 Å². The number of halogens is 2. The van der Waals surface area contributed by atoms with Crippen LogP contribution in [0.3, 0.4) is 0 Å². The maximum Gasteiger partial charge on any atom is 0.258 e. The average molecular weight is 367 g/mol. The van der Waals surface area contributed by atoms with Gasteiger partial charge in [0.1, 0.15) is 5.75 Å². The third-order valence-corrected chi connectivity index (χ3v) is 4.07. The molecule has 0 aliphatic carbocycles. The minimum Gasteiger partial charge on any atom is -0.484 e. The second-order valence-electron chi connectivity index (χ2n) is 5.14. The van der Waals surface area contributed by atoms with E-state index in [4.69, 9.17) is 33.7 Å². The highest BCUT2D eigenvalue weighted by Crippen LogP contribution is 2.25. The molecule has 0 aliphatic rings. The summed E-state index contributed by atoms with van der Waals surface area (Å²) in [6.07, 6.45) is 0. The maximum absolute atomic E-state index is 12.0. The summed E-state index contributed by atoms with van der Waals surface area (Å²) in [7, 11) is 0. The molecule has 0 radical (unpaired) electrons. The van der Waals surface area contributed by atoms with Crippen molar-refractivity contribution in [1.29, 1.82) is 0 Å². The third kappa shape index (κ3) is 4.88. The van der Waals surface area contributed by atoms with Gasteiger partial charge in [-0.05, 0) is 48.9 Å². The number of nitrogens with one attached hydrogen (secondary N) is 1. The van der Waals surface area contributed by atoms with E-state index in [2.05, 4.69) is 5.32 Å². The van der Waals surface area contributed by atoms with Gasteiger partial charge in [0.2, 0.25) is 5.91 Å². The van der Waals surface area contributed by atoms with Crippen molar-refractivity contribution in [3.8, 4) is 5.75 Å². The molecule has 2 rings (SSSR count). The molecular weight excluding hydrogens is 351 g/mol. The Hall–Kier alpha value is -2.24. The van der Waals surface area contributed by atoms with E-state index in [-0.39, 0.29) is 18.6 Å². The van der Waals surface area contributed by atoms with Crippen LogP contribution in [0.2, 0.25) is 10.0 Å². The first kappa shape index (κ1) is 18.1. The molecule has 0 fully saturated rings. The van der Waals surface area contributed by atoms with Crippen molar-refractivity contribution in [2.75, 3.05) is 6.61 Å². The van der Waals surface area contributed by atoms with Gasteiger partial charge in [0.25, 0.3) is 5.91 Å². The molecule has 1 atom stereocenters. The van der Waals surface area contributed by atoms with Crippen LogP contribution in [0, 0.1) is 0 Å². The van der Waals surface area contributed by atoms with E-state index in [0.717, 1.165) is 5.56 Å². The molecule has 2 aromatic carbocycles. The molecule has 0 saturated heterocycles. The highest BCUT2D eigenvalue weighted by molar-refractivity contribution is 6.42. The Morgan fingerprint density at radius 3 is 2.38 bits per heavy atom. The predicted molar refractivity (Wildman–Crippen MR) is 93.5 cm³/mol. The molecule has 7 heteroatoms. The van der Waals surface area contributed by atoms with E-state index < -0.39 is 5.91 Å². The summed E-state index contributed by atoms with van der Waals surface area (Å²) in [4.78, 5) is 22.9. The zero-order valence-electron chi connectivity index (χ0n) is 12.9. The second kappa shape index (κ2) is 8.04. The number of hydrogen-bond acceptors (Lipinski definition) is 3. The van der Waals surface area contributed by atoms with Crippen molar-refractivity contribution in [1.82, 2.24) is 5.32 Å². The van der Waals surface area contributed by atoms with Crippen molar-refractivity contribution in [2.45, 2.75) is 13.0 Å². The topological polar surface area (TPSA) is 81.4 Å². The Balaban J connectivity index is 1.88. The normalized spacial score (nSPS) is 11.6. The summed E-state index contributed by atoms with van der Waals surface area (Å²) in [5, 5.41) is 3.69. The lowest BCUT2D eigenvalue weighted by Gasteiger charge is -2.15. The van der Waals surface area contributed by atoms with Crippen molar-refractivity contribution in [3.05, 3.63) is 63.6 Å². The highest BCUT2D eigenvalue weighted by Gasteiger charge is 2.12. The van der Waals surface area contributed by atoms with E-state index in [9.17, 15) is 9.59 Å². The Bertz CT molecular complexity index is 748. The summed E-state index contributed by atoms with van der Waals surface area (Å²) >= 11 is 11.8. The smallest absolute Gasteiger partial charge is 0.258 e. The number of carbonyl (C=O) groups excluding carboxylic acids is 2. The number of amides is 2. The van der Waals surface area contributed by atoms with E-state index >= 15 is 0 Å². The van der Waals surface area contributed by atoms with E-state index in [1.165, 1.54) is 12.1 Å². The van der Waals surface area contributed by atoms with Crippen LogP contribution in [0.25, 0.3) is 0 Å². The third-order valence-electron chi connectivity index (χ3n) is 3.33. The molecule has 126 valence electrons. The van der Waals surface area contributed by atoms with Gasteiger partial charge in [-0.2, -0.15) is 0 Å². The van der Waals surface area contributed by atoms with Gasteiger partial charge in [-0.15, -0.1) is 0 Å². The molecule has 0 bridgehead atoms. The Morgan fingerprint density at radius 2 is 1.79 bits per heavy atom. The lowest BCUT2D eigenvalue weighted by molar-refractivity contribution is -0.123. The predicted octanol–water partition coefficient (Wildman–Crippen LogP) is 3.35. The number of carbonyl (C=O) groups is 2. The van der Waals surface area contributed by atoms with E-state index in [1.54, 1.807) is 30.3 Å². The molecule has 2 amide bonds. The first-order valence-electron chi connectivity index (χ1n) is 7.14. The van der Waals surface area contributed by atoms with Gasteiger partial charge in [0.15, 0.2) is 6.61 Å². The molecule has 2 aromatic rings. The molecular formula is C17H16Cl2N2O3. The monoisotopic (exact) mass is 366 g/mol. The molecule has 0 saturated carbocycles. The lowest BCUT2D eigenvalue weighted by atomic mass is 10.1. The molecule has 24 heavy (non-hydrogen) atoms. The summed E-state index contributed by atoms with van der Waals surface area (Å²) in [5.74, 6) is -0.334. The standard InChI is InChI=1S/C17H16Cl2N2O3/c1-10(12-4-7-14(18)15(19)8-12)21-16(22)9-24-13-5-2-11(3-6-13)17(20)23/h2-8,10H,9H2,1H3,(H2,20,23)(H,21,22)/t10-/m1/s1. The number of nitrogens with two attached hydrogens (primary N) is 1. The average Bonchev–Trinajstić information content (AvgIpc) is 2.55. The van der Waals surface area contributed by atoms with Gasteiger partial charge in [-0.1, -0.05) is 29.3 Å². The fourth-order valence-electron chi connectivity index (χ4n) is 2.01. The van der Waals surface area contributed by atoms with Crippen LogP contribution in [0.4, 0.5) is 0 Å². The largest absolute Gasteiger partial charge is 0.484 e. The number of ether oxygens (including phenoxy) is 1. The van der Waals surface area contributed by atoms with Crippen LogP contribution in [-0.2, 0) is 4.79 Å². The van der Waals surface area contributed by atoms with Gasteiger partial charge >= 0.3 is 0 Å². The number of rotatable bonds is 6. The molecule has 0 aliphatic heterocycles. The first-order chi connectivity index (χ1) is 11.4. The van der Waals surface area contributed by atoms with Crippen molar-refractivity contribution < 1.29 is 14.3 Å². The summed E-state index contributed by atoms with van der Waals surface area (Å²) in [6, 6.07) is 11.2. The second-order valence-corrected chi connectivity index (χ2v) is 5.95. The van der Waals surface area contributed by atoms with Gasteiger partial charge in [0, 0.05) is 5.56 Å². The van der Waals surface area contributed by atoms with Crippen LogP contribution >= 0.6 is 23.2 Å². The fraction of sp³-hybridized carbons (Fsp3) is 0.176. The van der Waals surface area contributed by atoms with Gasteiger partial charge in [0.05, 0.1) is 16.1 Å². The van der Waals surface area contributed by atoms with Crippen molar-refractivity contribution in [3.63, 3.8) is 0 Å². The van der Waals surface area contributed by atoms with Crippen LogP contribution in [-0.4, -0.2) is 18.4 Å². The molecule has 5 nitrogen and oxygen atoms in total. The lowest BCUT2D eigenvalue weighted by Crippen LogP contribution is -2.31. The fourth-order valence-corrected chi connectivity index (χ4v) is 2.32. The maximum atomic E-state index is 12.0. The minimum absolute atomic E-state index is 0.151. The quantitative estimate of drug-likeness (QED) is 0.822. The molecule has 0 aromatic heterocycles. The highest BCUT2D eigenvalue weighted by atomic mass is 35.5. The van der Waals surface area contributed by atoms with Crippen LogP contribution in [0.15, 0.2) is 42.5 Å². The molecule has 0 spiro atoms. The van der Waals surface area contributed by atoms with Crippen LogP contribution < -0.4 is 15.8 Å². The summed E-state index contributed by atoms with van der Waals surface area (Å²) in [5.41, 5.74) is 6.37. The zero-order valence-corrected chi connectivity index (χ0v) is 14.4. The number of hydrogen-bond donors (Lipinski definition) is 2. The van der Waals surface area contributed by atoms with Gasteiger partial charge < -0.3 is 15.8 Å². The van der Waals surface area contributed by atoms with Crippen molar-refractivity contribution in [2.24, 2.45) is 5.73 Å². The number of benzene rings is 2. The van der Waals surface area contributed by atoms with E-state index in [0.29, 0.717) is 21.4 Å². The Morgan fingerprint density at radius 1 is 1.12 bits per heavy atom. The van der Waals surface area contributed by atoms with E-state index in [1.807, 2.05) is 6.92 Å². The zero-order chi connectivity index (χ0) is 17.7. The molecule has 3 N–H and O–H groups in total. The Labute approximate surface area is 149 Å².